The molecule has 5 heteroatoms. The van der Waals surface area contributed by atoms with E-state index in [2.05, 4.69) is 26.2 Å². The van der Waals surface area contributed by atoms with Gasteiger partial charge in [0.15, 0.2) is 0 Å². The average Bonchev–Trinajstić information content (AvgIpc) is 2.53. The highest BCUT2D eigenvalue weighted by Crippen LogP contribution is 2.35. The van der Waals surface area contributed by atoms with E-state index in [1.807, 2.05) is 43.6 Å². The predicted molar refractivity (Wildman–Crippen MR) is 87.0 cm³/mol. The van der Waals surface area contributed by atoms with Crippen LogP contribution in [0.25, 0.3) is 0 Å². The number of nitrogens with zero attached hydrogens (tertiary/aromatic N) is 1. The molecule has 1 N–H and O–H groups in total. The van der Waals surface area contributed by atoms with Crippen LogP contribution in [0.3, 0.4) is 0 Å². The van der Waals surface area contributed by atoms with Crippen LogP contribution >= 0.6 is 15.9 Å². The van der Waals surface area contributed by atoms with Gasteiger partial charge in [0.25, 0.3) is 0 Å². The number of hydrogen-bond acceptors (Lipinski definition) is 4. The molecule has 1 aromatic carbocycles. The summed E-state index contributed by atoms with van der Waals surface area (Å²) >= 11 is 3.40. The van der Waals surface area contributed by atoms with Gasteiger partial charge in [-0.3, -0.25) is 4.98 Å². The highest BCUT2D eigenvalue weighted by atomic mass is 79.9. The minimum absolute atomic E-state index is 0.0600. The minimum Gasteiger partial charge on any atom is -0.496 e. The summed E-state index contributed by atoms with van der Waals surface area (Å²) in [6.45, 7) is 0. The molecule has 0 aliphatic rings. The zero-order valence-corrected chi connectivity index (χ0v) is 14.0. The molecule has 0 amide bonds. The molecule has 0 aliphatic carbocycles. The van der Waals surface area contributed by atoms with E-state index in [4.69, 9.17) is 9.47 Å². The molecule has 1 unspecified atom stereocenters. The van der Waals surface area contributed by atoms with E-state index >= 15 is 0 Å². The number of benzene rings is 1. The first-order valence-electron chi connectivity index (χ1n) is 6.68. The van der Waals surface area contributed by atoms with Crippen molar-refractivity contribution in [2.75, 3.05) is 21.3 Å². The highest BCUT2D eigenvalue weighted by molar-refractivity contribution is 9.10. The fourth-order valence-corrected chi connectivity index (χ4v) is 2.54. The second-order valence-corrected chi connectivity index (χ2v) is 5.51. The fourth-order valence-electron chi connectivity index (χ4n) is 2.31. The Hall–Kier alpha value is -1.59. The van der Waals surface area contributed by atoms with Crippen LogP contribution in [0.4, 0.5) is 0 Å². The summed E-state index contributed by atoms with van der Waals surface area (Å²) in [5, 5.41) is 3.32. The normalized spacial score (nSPS) is 12.0. The molecule has 112 valence electrons. The van der Waals surface area contributed by atoms with Gasteiger partial charge in [-0.15, -0.1) is 0 Å². The van der Waals surface area contributed by atoms with Gasteiger partial charge in [0.05, 0.1) is 19.8 Å². The Morgan fingerprint density at radius 2 is 1.81 bits per heavy atom. The van der Waals surface area contributed by atoms with Gasteiger partial charge in [-0.05, 0) is 47.2 Å². The van der Waals surface area contributed by atoms with Crippen molar-refractivity contribution in [3.8, 4) is 11.5 Å². The Balaban J connectivity index is 2.34. The molecular formula is C16H19BrN2O2. The molecular weight excluding hydrogens is 332 g/mol. The Labute approximate surface area is 133 Å². The van der Waals surface area contributed by atoms with Crippen molar-refractivity contribution in [1.82, 2.24) is 10.3 Å². The van der Waals surface area contributed by atoms with Crippen LogP contribution in [0.2, 0.25) is 0 Å². The minimum atomic E-state index is 0.0600. The topological polar surface area (TPSA) is 43.4 Å². The van der Waals surface area contributed by atoms with Gasteiger partial charge >= 0.3 is 0 Å². The average molecular weight is 351 g/mol. The standard InChI is InChI=1S/C16H19BrN2O2/c1-18-13(9-12-8-7-11(17)10-19-12)16-14(20-2)5-4-6-15(16)21-3/h4-8,10,13,18H,9H2,1-3H3. The lowest BCUT2D eigenvalue weighted by molar-refractivity contribution is 0.372. The van der Waals surface area contributed by atoms with Crippen LogP contribution in [-0.2, 0) is 6.42 Å². The maximum Gasteiger partial charge on any atom is 0.127 e. The molecule has 0 aliphatic heterocycles. The number of nitrogens with one attached hydrogen (secondary N) is 1. The van der Waals surface area contributed by atoms with Crippen molar-refractivity contribution >= 4 is 15.9 Å². The van der Waals surface area contributed by atoms with Gasteiger partial charge < -0.3 is 14.8 Å². The van der Waals surface area contributed by atoms with Crippen LogP contribution in [0.5, 0.6) is 11.5 Å². The van der Waals surface area contributed by atoms with E-state index in [9.17, 15) is 0 Å². The Morgan fingerprint density at radius 1 is 1.14 bits per heavy atom. The summed E-state index contributed by atoms with van der Waals surface area (Å²) in [5.74, 6) is 1.62. The van der Waals surface area contributed by atoms with Crippen molar-refractivity contribution in [3.63, 3.8) is 0 Å². The molecule has 1 heterocycles. The number of pyridine rings is 1. The van der Waals surface area contributed by atoms with E-state index < -0.39 is 0 Å². The molecule has 4 nitrogen and oxygen atoms in total. The van der Waals surface area contributed by atoms with E-state index in [0.29, 0.717) is 0 Å². The second kappa shape index (κ2) is 7.43. The molecule has 1 atom stereocenters. The first-order chi connectivity index (χ1) is 10.2. The van der Waals surface area contributed by atoms with Gasteiger partial charge in [-0.2, -0.15) is 0 Å². The van der Waals surface area contributed by atoms with E-state index in [1.165, 1.54) is 0 Å². The summed E-state index contributed by atoms with van der Waals surface area (Å²) in [6.07, 6.45) is 2.56. The summed E-state index contributed by atoms with van der Waals surface area (Å²) in [4.78, 5) is 4.43. The van der Waals surface area contributed by atoms with Crippen molar-refractivity contribution in [2.24, 2.45) is 0 Å². The lowest BCUT2D eigenvalue weighted by atomic mass is 9.99. The van der Waals surface area contributed by atoms with Gasteiger partial charge in [0, 0.05) is 28.8 Å². The largest absolute Gasteiger partial charge is 0.496 e. The van der Waals surface area contributed by atoms with E-state index in [0.717, 1.165) is 33.6 Å². The SMILES string of the molecule is CNC(Cc1ccc(Br)cn1)c1c(OC)cccc1OC. The zero-order chi connectivity index (χ0) is 15.2. The lowest BCUT2D eigenvalue weighted by Crippen LogP contribution is -2.21. The molecule has 21 heavy (non-hydrogen) atoms. The number of aromatic nitrogens is 1. The van der Waals surface area contributed by atoms with Gasteiger partial charge in [0.1, 0.15) is 11.5 Å². The molecule has 0 saturated heterocycles. The Morgan fingerprint density at radius 3 is 2.29 bits per heavy atom. The van der Waals surface area contributed by atoms with Crippen LogP contribution in [0.15, 0.2) is 41.0 Å². The van der Waals surface area contributed by atoms with E-state index in [-0.39, 0.29) is 6.04 Å². The molecule has 2 rings (SSSR count). The fraction of sp³-hybridized carbons (Fsp3) is 0.312. The smallest absolute Gasteiger partial charge is 0.127 e. The third-order valence-corrected chi connectivity index (χ3v) is 3.83. The maximum atomic E-state index is 5.48. The number of hydrogen-bond donors (Lipinski definition) is 1. The summed E-state index contributed by atoms with van der Waals surface area (Å²) < 4.78 is 11.9. The molecule has 0 bridgehead atoms. The second-order valence-electron chi connectivity index (χ2n) is 4.59. The number of halogens is 1. The number of ether oxygens (including phenoxy) is 2. The number of methoxy groups -OCH3 is 2. The van der Waals surface area contributed by atoms with Gasteiger partial charge in [0.2, 0.25) is 0 Å². The summed E-state index contributed by atoms with van der Waals surface area (Å²) in [7, 11) is 5.27. The third kappa shape index (κ3) is 3.74. The highest BCUT2D eigenvalue weighted by Gasteiger charge is 2.20. The monoisotopic (exact) mass is 350 g/mol. The van der Waals surface area contributed by atoms with Crippen molar-refractivity contribution in [2.45, 2.75) is 12.5 Å². The first-order valence-corrected chi connectivity index (χ1v) is 7.47. The summed E-state index contributed by atoms with van der Waals surface area (Å²) in [6, 6.07) is 9.87. The van der Waals surface area contributed by atoms with Crippen molar-refractivity contribution < 1.29 is 9.47 Å². The Bertz CT molecular complexity index is 565. The van der Waals surface area contributed by atoms with Crippen LogP contribution in [-0.4, -0.2) is 26.3 Å². The quantitative estimate of drug-likeness (QED) is 0.867. The third-order valence-electron chi connectivity index (χ3n) is 3.36. The van der Waals surface area contributed by atoms with E-state index in [1.54, 1.807) is 14.2 Å². The van der Waals surface area contributed by atoms with Crippen LogP contribution in [0, 0.1) is 0 Å². The molecule has 0 radical (unpaired) electrons. The van der Waals surface area contributed by atoms with Crippen LogP contribution in [0.1, 0.15) is 17.3 Å². The Kier molecular flexibility index (Phi) is 5.59. The lowest BCUT2D eigenvalue weighted by Gasteiger charge is -2.21. The number of rotatable bonds is 6. The molecule has 2 aromatic rings. The number of likely N-dealkylation sites (N-methyl/N-ethyl adjacent to an activating group) is 1. The predicted octanol–water partition coefficient (Wildman–Crippen LogP) is 3.36. The summed E-state index contributed by atoms with van der Waals surface area (Å²) in [5.41, 5.74) is 2.01. The molecule has 1 aromatic heterocycles. The first kappa shape index (κ1) is 15.8. The molecule has 0 fully saturated rings. The zero-order valence-electron chi connectivity index (χ0n) is 12.4. The van der Waals surface area contributed by atoms with Crippen molar-refractivity contribution in [3.05, 3.63) is 52.3 Å². The molecule has 0 spiro atoms. The molecule has 0 saturated carbocycles. The van der Waals surface area contributed by atoms with Gasteiger partial charge in [-0.25, -0.2) is 0 Å². The van der Waals surface area contributed by atoms with Crippen LogP contribution < -0.4 is 14.8 Å². The van der Waals surface area contributed by atoms with Crippen molar-refractivity contribution in [1.29, 1.82) is 0 Å². The van der Waals surface area contributed by atoms with Gasteiger partial charge in [-0.1, -0.05) is 6.07 Å². The maximum absolute atomic E-state index is 5.48.